The highest BCUT2D eigenvalue weighted by atomic mass is 35.5. The normalized spacial score (nSPS) is 10.8. The first-order valence-electron chi connectivity index (χ1n) is 6.00. The number of fused-ring (bicyclic) bond motifs is 1. The van der Waals surface area contributed by atoms with E-state index >= 15 is 0 Å². The van der Waals surface area contributed by atoms with Crippen LogP contribution in [-0.2, 0) is 0 Å². The van der Waals surface area contributed by atoms with Crippen molar-refractivity contribution in [1.82, 2.24) is 0 Å². The van der Waals surface area contributed by atoms with Gasteiger partial charge in [0, 0.05) is 5.02 Å². The molecule has 0 saturated heterocycles. The fraction of sp³-hybridized carbons (Fsp3) is 0.0588. The second-order valence-corrected chi connectivity index (χ2v) is 4.92. The maximum Gasteiger partial charge on any atom is 0.0406 e. The highest BCUT2D eigenvalue weighted by molar-refractivity contribution is 6.30. The molecule has 3 aromatic rings. The van der Waals surface area contributed by atoms with Gasteiger partial charge in [0.05, 0.1) is 0 Å². The Morgan fingerprint density at radius 3 is 2.28 bits per heavy atom. The van der Waals surface area contributed by atoms with Crippen molar-refractivity contribution in [1.29, 1.82) is 0 Å². The summed E-state index contributed by atoms with van der Waals surface area (Å²) < 4.78 is 0. The fourth-order valence-corrected chi connectivity index (χ4v) is 2.51. The molecule has 3 rings (SSSR count). The number of hydrogen-bond donors (Lipinski definition) is 0. The Morgan fingerprint density at radius 2 is 1.50 bits per heavy atom. The highest BCUT2D eigenvalue weighted by Crippen LogP contribution is 2.32. The summed E-state index contributed by atoms with van der Waals surface area (Å²) in [7, 11) is 0. The minimum absolute atomic E-state index is 0.775. The van der Waals surface area contributed by atoms with Gasteiger partial charge in [-0.1, -0.05) is 60.1 Å². The molecule has 1 heteroatoms. The molecule has 0 heterocycles. The van der Waals surface area contributed by atoms with Gasteiger partial charge in [-0.2, -0.15) is 0 Å². The van der Waals surface area contributed by atoms with Gasteiger partial charge in [0.1, 0.15) is 0 Å². The lowest BCUT2D eigenvalue weighted by atomic mass is 9.94. The molecular formula is C17H13Cl. The van der Waals surface area contributed by atoms with Gasteiger partial charge in [0.25, 0.3) is 0 Å². The van der Waals surface area contributed by atoms with Crippen LogP contribution in [0, 0.1) is 6.92 Å². The fourth-order valence-electron chi connectivity index (χ4n) is 2.38. The standard InChI is InChI=1S/C17H13Cl/c1-12-6-7-13-4-2-3-5-16(13)17(12)14-8-10-15(18)11-9-14/h2-11H,1H3. The number of halogens is 1. The van der Waals surface area contributed by atoms with Crippen molar-refractivity contribution in [3.63, 3.8) is 0 Å². The minimum Gasteiger partial charge on any atom is -0.0843 e. The Morgan fingerprint density at radius 1 is 0.778 bits per heavy atom. The Hall–Kier alpha value is -1.79. The molecule has 0 N–H and O–H groups in total. The minimum atomic E-state index is 0.775. The largest absolute Gasteiger partial charge is 0.0843 e. The summed E-state index contributed by atoms with van der Waals surface area (Å²) in [5.74, 6) is 0. The van der Waals surface area contributed by atoms with Crippen LogP contribution in [0.25, 0.3) is 21.9 Å². The van der Waals surface area contributed by atoms with Gasteiger partial charge in [-0.25, -0.2) is 0 Å². The van der Waals surface area contributed by atoms with Crippen LogP contribution in [0.1, 0.15) is 5.56 Å². The zero-order chi connectivity index (χ0) is 12.5. The predicted octanol–water partition coefficient (Wildman–Crippen LogP) is 5.47. The summed E-state index contributed by atoms with van der Waals surface area (Å²) in [6.45, 7) is 2.15. The van der Waals surface area contributed by atoms with E-state index < -0.39 is 0 Å². The number of rotatable bonds is 1. The third-order valence-corrected chi connectivity index (χ3v) is 3.52. The molecule has 0 radical (unpaired) electrons. The van der Waals surface area contributed by atoms with Crippen LogP contribution in [-0.4, -0.2) is 0 Å². The summed E-state index contributed by atoms with van der Waals surface area (Å²) in [4.78, 5) is 0. The molecule has 0 aliphatic carbocycles. The molecule has 0 aromatic heterocycles. The number of hydrogen-bond acceptors (Lipinski definition) is 0. The number of aryl methyl sites for hydroxylation is 1. The van der Waals surface area contributed by atoms with Gasteiger partial charge < -0.3 is 0 Å². The molecule has 0 nitrogen and oxygen atoms in total. The molecule has 0 aliphatic heterocycles. The van der Waals surface area contributed by atoms with Crippen molar-refractivity contribution in [2.75, 3.05) is 0 Å². The van der Waals surface area contributed by atoms with Gasteiger partial charge in [-0.3, -0.25) is 0 Å². The second-order valence-electron chi connectivity index (χ2n) is 4.49. The van der Waals surface area contributed by atoms with E-state index in [1.54, 1.807) is 0 Å². The van der Waals surface area contributed by atoms with E-state index in [0.717, 1.165) is 5.02 Å². The van der Waals surface area contributed by atoms with Crippen LogP contribution in [0.5, 0.6) is 0 Å². The Bertz CT molecular complexity index is 696. The Labute approximate surface area is 112 Å². The molecule has 0 amide bonds. The lowest BCUT2D eigenvalue weighted by molar-refractivity contribution is 1.49. The third kappa shape index (κ3) is 1.89. The average Bonchev–Trinajstić information content (AvgIpc) is 2.40. The van der Waals surface area contributed by atoms with Crippen molar-refractivity contribution in [3.8, 4) is 11.1 Å². The first kappa shape index (κ1) is 11.3. The molecular weight excluding hydrogens is 240 g/mol. The summed E-state index contributed by atoms with van der Waals surface area (Å²) >= 11 is 5.96. The Balaban J connectivity index is 2.33. The van der Waals surface area contributed by atoms with Crippen molar-refractivity contribution >= 4 is 22.4 Å². The highest BCUT2D eigenvalue weighted by Gasteiger charge is 2.06. The lowest BCUT2D eigenvalue weighted by Gasteiger charge is -2.10. The van der Waals surface area contributed by atoms with E-state index in [1.807, 2.05) is 12.1 Å². The van der Waals surface area contributed by atoms with Gasteiger partial charge >= 0.3 is 0 Å². The summed E-state index contributed by atoms with van der Waals surface area (Å²) in [5.41, 5.74) is 3.80. The van der Waals surface area contributed by atoms with Crippen molar-refractivity contribution < 1.29 is 0 Å². The topological polar surface area (TPSA) is 0 Å². The molecule has 0 bridgehead atoms. The smallest absolute Gasteiger partial charge is 0.0406 e. The molecule has 0 aliphatic rings. The molecule has 0 unspecified atom stereocenters. The van der Waals surface area contributed by atoms with Crippen LogP contribution in [0.3, 0.4) is 0 Å². The lowest BCUT2D eigenvalue weighted by Crippen LogP contribution is -1.85. The zero-order valence-corrected chi connectivity index (χ0v) is 10.9. The van der Waals surface area contributed by atoms with Gasteiger partial charge in [-0.15, -0.1) is 0 Å². The predicted molar refractivity (Wildman–Crippen MR) is 79.1 cm³/mol. The van der Waals surface area contributed by atoms with Crippen molar-refractivity contribution in [3.05, 3.63) is 71.2 Å². The molecule has 0 saturated carbocycles. The Kier molecular flexibility index (Phi) is 2.81. The average molecular weight is 253 g/mol. The second kappa shape index (κ2) is 4.47. The molecule has 88 valence electrons. The van der Waals surface area contributed by atoms with Gasteiger partial charge in [-0.05, 0) is 46.5 Å². The molecule has 0 spiro atoms. The third-order valence-electron chi connectivity index (χ3n) is 3.27. The molecule has 0 fully saturated rings. The van der Waals surface area contributed by atoms with E-state index in [0.29, 0.717) is 0 Å². The maximum absolute atomic E-state index is 5.96. The van der Waals surface area contributed by atoms with Crippen LogP contribution in [0.15, 0.2) is 60.7 Å². The van der Waals surface area contributed by atoms with Crippen LogP contribution < -0.4 is 0 Å². The van der Waals surface area contributed by atoms with Crippen molar-refractivity contribution in [2.45, 2.75) is 6.92 Å². The maximum atomic E-state index is 5.96. The quantitative estimate of drug-likeness (QED) is 0.539. The van der Waals surface area contributed by atoms with E-state index in [-0.39, 0.29) is 0 Å². The van der Waals surface area contributed by atoms with E-state index in [9.17, 15) is 0 Å². The van der Waals surface area contributed by atoms with Crippen molar-refractivity contribution in [2.24, 2.45) is 0 Å². The van der Waals surface area contributed by atoms with E-state index in [4.69, 9.17) is 11.6 Å². The molecule has 0 atom stereocenters. The first-order chi connectivity index (χ1) is 8.75. The SMILES string of the molecule is Cc1ccc2ccccc2c1-c1ccc(Cl)cc1. The van der Waals surface area contributed by atoms with Gasteiger partial charge in [0.15, 0.2) is 0 Å². The zero-order valence-electron chi connectivity index (χ0n) is 10.2. The summed E-state index contributed by atoms with van der Waals surface area (Å²) in [6, 6.07) is 20.9. The monoisotopic (exact) mass is 252 g/mol. The van der Waals surface area contributed by atoms with Crippen LogP contribution >= 0.6 is 11.6 Å². The number of benzene rings is 3. The molecule has 3 aromatic carbocycles. The summed E-state index contributed by atoms with van der Waals surface area (Å²) in [5, 5.41) is 3.34. The first-order valence-corrected chi connectivity index (χ1v) is 6.38. The van der Waals surface area contributed by atoms with Crippen LogP contribution in [0.4, 0.5) is 0 Å². The van der Waals surface area contributed by atoms with E-state index in [2.05, 4.69) is 55.5 Å². The molecule has 18 heavy (non-hydrogen) atoms. The van der Waals surface area contributed by atoms with E-state index in [1.165, 1.54) is 27.5 Å². The summed E-state index contributed by atoms with van der Waals surface area (Å²) in [6.07, 6.45) is 0. The van der Waals surface area contributed by atoms with Gasteiger partial charge in [0.2, 0.25) is 0 Å². The van der Waals surface area contributed by atoms with Crippen LogP contribution in [0.2, 0.25) is 5.02 Å².